The summed E-state index contributed by atoms with van der Waals surface area (Å²) >= 11 is 10.1. The summed E-state index contributed by atoms with van der Waals surface area (Å²) in [5.41, 5.74) is 22.4. The van der Waals surface area contributed by atoms with E-state index >= 15 is 0 Å². The second kappa shape index (κ2) is 31.1. The first-order chi connectivity index (χ1) is 46.0. The first kappa shape index (κ1) is 67.5. The highest BCUT2D eigenvalue weighted by Crippen LogP contribution is 2.57. The van der Waals surface area contributed by atoms with Gasteiger partial charge >= 0.3 is 7.12 Å². The van der Waals surface area contributed by atoms with Crippen molar-refractivity contribution < 1.29 is 10.0 Å². The molecular formula is C86H90BBr2IN2O2. The van der Waals surface area contributed by atoms with Gasteiger partial charge in [0.05, 0.1) is 22.1 Å². The average molecular weight is 1480 g/mol. The maximum absolute atomic E-state index is 9.24. The molecule has 0 aliphatic heterocycles. The Hall–Kier alpha value is -6.53. The molecule has 8 heteroatoms. The number of benzene rings is 10. The Morgan fingerprint density at radius 3 is 1.03 bits per heavy atom. The highest BCUT2D eigenvalue weighted by Gasteiger charge is 2.44. The Morgan fingerprint density at radius 2 is 0.660 bits per heavy atom. The molecule has 2 N–H and O–H groups in total. The van der Waals surface area contributed by atoms with Gasteiger partial charge in [0.25, 0.3) is 0 Å². The Labute approximate surface area is 589 Å². The smallest absolute Gasteiger partial charge is 0.423 e. The molecule has 0 saturated carbocycles. The molecule has 2 aliphatic carbocycles. The van der Waals surface area contributed by atoms with E-state index in [9.17, 15) is 10.0 Å². The second-order valence-electron chi connectivity index (χ2n) is 26.5. The summed E-state index contributed by atoms with van der Waals surface area (Å²) in [7, 11) is -1.44. The molecule has 0 radical (unpaired) electrons. The van der Waals surface area contributed by atoms with E-state index in [1.165, 1.54) is 213 Å². The van der Waals surface area contributed by atoms with Gasteiger partial charge in [0, 0.05) is 56.3 Å². The fourth-order valence-corrected chi connectivity index (χ4v) is 17.0. The molecule has 2 aromatic heterocycles. The van der Waals surface area contributed by atoms with Crippen LogP contribution in [0.25, 0.3) is 88.4 Å². The summed E-state index contributed by atoms with van der Waals surface area (Å²) in [6.45, 7) is 9.24. The van der Waals surface area contributed by atoms with Crippen LogP contribution < -0.4 is 5.46 Å². The summed E-state index contributed by atoms with van der Waals surface area (Å²) in [5, 5.41) is 23.5. The molecule has 0 saturated heterocycles. The first-order valence-electron chi connectivity index (χ1n) is 35.1. The van der Waals surface area contributed by atoms with Crippen molar-refractivity contribution in [2.24, 2.45) is 0 Å². The van der Waals surface area contributed by atoms with Crippen LogP contribution in [0, 0.1) is 3.57 Å². The molecule has 0 unspecified atom stereocenters. The number of fused-ring (bicyclic) bond motifs is 12. The van der Waals surface area contributed by atoms with Gasteiger partial charge in [-0.3, -0.25) is 0 Å². The second-order valence-corrected chi connectivity index (χ2v) is 29.6. The molecule has 0 atom stereocenters. The third-order valence-electron chi connectivity index (χ3n) is 20.5. The molecular weight excluding hydrogens is 1390 g/mol. The summed E-state index contributed by atoms with van der Waals surface area (Å²) in [4.78, 5) is 0. The van der Waals surface area contributed by atoms with E-state index in [4.69, 9.17) is 0 Å². The molecule has 10 aromatic carbocycles. The predicted molar refractivity (Wildman–Crippen MR) is 419 cm³/mol. The van der Waals surface area contributed by atoms with Crippen LogP contribution in [0.5, 0.6) is 0 Å². The minimum atomic E-state index is -1.44. The van der Waals surface area contributed by atoms with Gasteiger partial charge in [-0.25, -0.2) is 0 Å². The standard InChI is InChI=1S/C43H44BrN.C25H32BrI.C18H14BNO2/c1-3-5-7-13-27-43(28-14-8-6-4-2)39-29-32(21-25-35(39)36-26-22-33(44)30-40(36)43)31-19-23-34(24-20-31)45-41-17-11-9-15-37(41)38-16-10-12-18-42(38)45;1-3-5-7-9-15-25(16-10-8-6-4-2)23-17-19(26)11-13-21(23)22-14-12-20(27)18-24(22)25;21-19(22)13-9-11-14(12-10-13)20-17-7-3-1-5-15(17)16-6-2-4-8-18(16)20/h9-12,15-26,29-30H,3-8,13-14,27-28H2,1-2H3;11-14,17-18H,3-10,15-16H2,1-2H3;1-12,21-22H. The molecule has 12 aromatic rings. The number of rotatable bonds is 24. The molecule has 480 valence electrons. The Kier molecular flexibility index (Phi) is 22.3. The van der Waals surface area contributed by atoms with E-state index in [1.807, 2.05) is 36.4 Å². The van der Waals surface area contributed by atoms with Crippen molar-refractivity contribution in [3.05, 3.63) is 253 Å². The van der Waals surface area contributed by atoms with Crippen LogP contribution in [0.1, 0.15) is 178 Å². The van der Waals surface area contributed by atoms with Gasteiger partial charge in [0.15, 0.2) is 0 Å². The van der Waals surface area contributed by atoms with E-state index < -0.39 is 7.12 Å². The highest BCUT2D eigenvalue weighted by molar-refractivity contribution is 14.1. The zero-order chi connectivity index (χ0) is 65.2. The van der Waals surface area contributed by atoms with E-state index in [0.29, 0.717) is 5.46 Å². The summed E-state index contributed by atoms with van der Waals surface area (Å²) in [5.74, 6) is 0. The third-order valence-corrected chi connectivity index (χ3v) is 22.2. The lowest BCUT2D eigenvalue weighted by molar-refractivity contribution is 0.400. The SMILES string of the molecule is CCCCCCC1(CCCCCC)c2cc(Br)ccc2-c2ccc(-c3ccc(-n4c5ccccc5c5ccccc54)cc3)cc21.CCCCCCC1(CCCCCC)c2cc(Br)ccc2-c2ccc(I)cc21.OB(O)c1ccc(-n2c3ccccc3c3ccccc32)cc1. The summed E-state index contributed by atoms with van der Waals surface area (Å²) in [6.07, 6.45) is 26.1. The van der Waals surface area contributed by atoms with Gasteiger partial charge in [0.2, 0.25) is 0 Å². The van der Waals surface area contributed by atoms with Crippen molar-refractivity contribution in [3.8, 4) is 44.8 Å². The van der Waals surface area contributed by atoms with Crippen LogP contribution >= 0.6 is 54.5 Å². The van der Waals surface area contributed by atoms with E-state index in [0.717, 1.165) is 16.7 Å². The van der Waals surface area contributed by atoms with Gasteiger partial charge in [-0.05, 0) is 200 Å². The van der Waals surface area contributed by atoms with Crippen LogP contribution in [0.15, 0.2) is 227 Å². The van der Waals surface area contributed by atoms with Gasteiger partial charge in [-0.1, -0.05) is 290 Å². The fraction of sp³-hybridized carbons (Fsp3) is 0.302. The van der Waals surface area contributed by atoms with Crippen molar-refractivity contribution in [1.29, 1.82) is 0 Å². The number of aromatic nitrogens is 2. The van der Waals surface area contributed by atoms with E-state index in [1.54, 1.807) is 34.4 Å². The van der Waals surface area contributed by atoms with Gasteiger partial charge in [-0.15, -0.1) is 0 Å². The van der Waals surface area contributed by atoms with E-state index in [2.05, 4.69) is 261 Å². The maximum Gasteiger partial charge on any atom is 0.488 e. The molecule has 0 fully saturated rings. The van der Waals surface area contributed by atoms with Gasteiger partial charge in [0.1, 0.15) is 0 Å². The normalized spacial score (nSPS) is 13.1. The number of halogens is 3. The van der Waals surface area contributed by atoms with Crippen molar-refractivity contribution in [3.63, 3.8) is 0 Å². The third kappa shape index (κ3) is 13.9. The van der Waals surface area contributed by atoms with Crippen molar-refractivity contribution >= 4 is 111 Å². The molecule has 14 rings (SSSR count). The van der Waals surface area contributed by atoms with Crippen LogP contribution in [0.2, 0.25) is 0 Å². The van der Waals surface area contributed by atoms with Crippen LogP contribution in [0.3, 0.4) is 0 Å². The van der Waals surface area contributed by atoms with Crippen LogP contribution in [-0.4, -0.2) is 26.3 Å². The van der Waals surface area contributed by atoms with E-state index in [-0.39, 0.29) is 10.8 Å². The topological polar surface area (TPSA) is 50.3 Å². The van der Waals surface area contributed by atoms with Crippen molar-refractivity contribution in [2.45, 2.75) is 167 Å². The predicted octanol–water partition coefficient (Wildman–Crippen LogP) is 25.1. The van der Waals surface area contributed by atoms with Gasteiger partial charge in [-0.2, -0.15) is 0 Å². The Morgan fingerprint density at radius 1 is 0.340 bits per heavy atom. The maximum atomic E-state index is 9.24. The molecule has 4 nitrogen and oxygen atoms in total. The Balaban J connectivity index is 0.000000147. The number of para-hydroxylation sites is 4. The summed E-state index contributed by atoms with van der Waals surface area (Å²) in [6, 6.07) is 79.1. The zero-order valence-corrected chi connectivity index (χ0v) is 60.8. The molecule has 94 heavy (non-hydrogen) atoms. The summed E-state index contributed by atoms with van der Waals surface area (Å²) < 4.78 is 8.38. The monoisotopic (exact) mass is 1480 g/mol. The van der Waals surface area contributed by atoms with Crippen LogP contribution in [-0.2, 0) is 10.8 Å². The molecule has 2 heterocycles. The number of hydrogen-bond donors (Lipinski definition) is 2. The number of hydrogen-bond acceptors (Lipinski definition) is 2. The fourth-order valence-electron chi connectivity index (χ4n) is 15.8. The van der Waals surface area contributed by atoms with Crippen molar-refractivity contribution in [2.75, 3.05) is 0 Å². The molecule has 0 spiro atoms. The Bertz CT molecular complexity index is 4360. The number of nitrogens with zero attached hydrogens (tertiary/aromatic N) is 2. The average Bonchev–Trinajstić information content (AvgIpc) is 1.58. The van der Waals surface area contributed by atoms with Crippen molar-refractivity contribution in [1.82, 2.24) is 9.13 Å². The lowest BCUT2D eigenvalue weighted by atomic mass is 9.70. The first-order valence-corrected chi connectivity index (χ1v) is 37.8. The minimum absolute atomic E-state index is 0.0782. The highest BCUT2D eigenvalue weighted by atomic mass is 127. The minimum Gasteiger partial charge on any atom is -0.423 e. The van der Waals surface area contributed by atoms with Gasteiger partial charge < -0.3 is 19.2 Å². The molecule has 0 amide bonds. The molecule has 0 bridgehead atoms. The molecule has 2 aliphatic rings. The number of unbranched alkanes of at least 4 members (excludes halogenated alkanes) is 12. The quantitative estimate of drug-likeness (QED) is 0.0360. The lowest BCUT2D eigenvalue weighted by Gasteiger charge is -2.33. The largest absolute Gasteiger partial charge is 0.488 e. The zero-order valence-electron chi connectivity index (χ0n) is 55.4. The van der Waals surface area contributed by atoms with Crippen LogP contribution in [0.4, 0.5) is 0 Å². The lowest BCUT2D eigenvalue weighted by Crippen LogP contribution is -2.29.